The van der Waals surface area contributed by atoms with Crippen LogP contribution in [0.15, 0.2) is 72.8 Å². The Morgan fingerprint density at radius 2 is 1.79 bits per heavy atom. The van der Waals surface area contributed by atoms with E-state index in [1.165, 1.54) is 25.3 Å². The summed E-state index contributed by atoms with van der Waals surface area (Å²) < 4.78 is 12.1. The molecule has 1 amide bonds. The Balaban J connectivity index is 1.59. The first-order valence-corrected chi connectivity index (χ1v) is 9.82. The maximum atomic E-state index is 12.5. The number of hydrogen-bond donors (Lipinski definition) is 2. The van der Waals surface area contributed by atoms with Crippen LogP contribution in [-0.4, -0.2) is 40.1 Å². The first-order chi connectivity index (χ1) is 16.0. The van der Waals surface area contributed by atoms with E-state index in [0.717, 1.165) is 5.56 Å². The molecule has 0 saturated heterocycles. The van der Waals surface area contributed by atoms with Crippen LogP contribution in [0.2, 0.25) is 0 Å². The van der Waals surface area contributed by atoms with E-state index in [1.807, 2.05) is 24.3 Å². The Kier molecular flexibility index (Phi) is 6.20. The van der Waals surface area contributed by atoms with Crippen LogP contribution in [0.1, 0.15) is 10.4 Å². The van der Waals surface area contributed by atoms with Gasteiger partial charge in [-0.05, 0) is 54.6 Å². The fraction of sp³-hybridized carbons (Fsp3) is 0.0870. The number of rotatable bonds is 7. The van der Waals surface area contributed by atoms with E-state index in [4.69, 9.17) is 14.7 Å². The van der Waals surface area contributed by atoms with Gasteiger partial charge in [0.05, 0.1) is 25.6 Å². The lowest BCUT2D eigenvalue weighted by Gasteiger charge is -2.21. The summed E-state index contributed by atoms with van der Waals surface area (Å²) in [5.74, 6) is 0.820. The highest BCUT2D eigenvalue weighted by atomic mass is 16.8. The number of hydrogen-bond acceptors (Lipinski definition) is 8. The number of ether oxygens (including phenoxy) is 2. The number of methoxy groups -OCH3 is 2. The van der Waals surface area contributed by atoms with Crippen LogP contribution in [0.5, 0.6) is 11.8 Å². The van der Waals surface area contributed by atoms with Gasteiger partial charge in [0.15, 0.2) is 5.82 Å². The van der Waals surface area contributed by atoms with Gasteiger partial charge in [-0.1, -0.05) is 18.2 Å². The van der Waals surface area contributed by atoms with Crippen molar-refractivity contribution in [1.29, 1.82) is 0 Å². The third-order valence-corrected chi connectivity index (χ3v) is 4.80. The molecule has 1 aromatic heterocycles. The van der Waals surface area contributed by atoms with Crippen LogP contribution in [0.4, 0.5) is 11.4 Å². The number of benzene rings is 3. The standard InChI is InChI=1S/C23H20N5O5/c1-32-20-8-4-5-15(14-20)21-25-23(33-2)26-27(21)18-11-9-17(10-12-18)24-22(29)16-6-3-7-19(13-16)28(30)31/h3-14,30H,1-2H3,(H,24,29)/q-1. The van der Waals surface area contributed by atoms with Crippen LogP contribution in [0, 0.1) is 5.21 Å². The first kappa shape index (κ1) is 21.8. The molecular weight excluding hydrogens is 426 g/mol. The van der Waals surface area contributed by atoms with Crippen molar-refractivity contribution in [2.75, 3.05) is 24.8 Å². The van der Waals surface area contributed by atoms with E-state index in [9.17, 15) is 10.0 Å². The molecule has 168 valence electrons. The highest BCUT2D eigenvalue weighted by molar-refractivity contribution is 6.04. The molecule has 0 atom stereocenters. The van der Waals surface area contributed by atoms with Gasteiger partial charge in [-0.25, -0.2) is 4.68 Å². The Bertz CT molecular complexity index is 1270. The van der Waals surface area contributed by atoms with E-state index in [0.29, 0.717) is 22.9 Å². The van der Waals surface area contributed by atoms with Gasteiger partial charge in [0.1, 0.15) is 5.75 Å². The SMILES string of the molecule is COc1cccc(-c2nc(OC)nn2-c2ccc(NC(=O)c3cccc(N([O-])O)c3)cc2)c1. The monoisotopic (exact) mass is 446 g/mol. The molecule has 0 aliphatic heterocycles. The molecule has 3 aromatic carbocycles. The van der Waals surface area contributed by atoms with E-state index in [-0.39, 0.29) is 22.5 Å². The highest BCUT2D eigenvalue weighted by Gasteiger charge is 2.15. The summed E-state index contributed by atoms with van der Waals surface area (Å²) in [6, 6.07) is 20.3. The molecule has 0 unspecified atom stereocenters. The van der Waals surface area contributed by atoms with Crippen LogP contribution >= 0.6 is 0 Å². The lowest BCUT2D eigenvalue weighted by Crippen LogP contribution is -2.13. The van der Waals surface area contributed by atoms with Gasteiger partial charge in [0.25, 0.3) is 5.91 Å². The summed E-state index contributed by atoms with van der Waals surface area (Å²) in [7, 11) is 3.08. The number of nitrogens with one attached hydrogen (secondary N) is 1. The van der Waals surface area contributed by atoms with Crippen LogP contribution in [-0.2, 0) is 0 Å². The summed E-state index contributed by atoms with van der Waals surface area (Å²) in [5.41, 5.74) is 2.22. The molecule has 2 N–H and O–H groups in total. The molecule has 0 bridgehead atoms. The normalized spacial score (nSPS) is 10.5. The van der Waals surface area contributed by atoms with Crippen molar-refractivity contribution in [3.8, 4) is 28.8 Å². The maximum Gasteiger partial charge on any atom is 0.336 e. The highest BCUT2D eigenvalue weighted by Crippen LogP contribution is 2.27. The van der Waals surface area contributed by atoms with E-state index < -0.39 is 5.91 Å². The van der Waals surface area contributed by atoms with Gasteiger partial charge >= 0.3 is 6.01 Å². The van der Waals surface area contributed by atoms with Crippen LogP contribution in [0.3, 0.4) is 0 Å². The molecule has 4 aromatic rings. The summed E-state index contributed by atoms with van der Waals surface area (Å²) in [6.07, 6.45) is 0. The van der Waals surface area contributed by atoms with Gasteiger partial charge in [-0.3, -0.25) is 10.0 Å². The third-order valence-electron chi connectivity index (χ3n) is 4.80. The number of anilines is 2. The van der Waals surface area contributed by atoms with Crippen molar-refractivity contribution < 1.29 is 19.5 Å². The first-order valence-electron chi connectivity index (χ1n) is 9.82. The van der Waals surface area contributed by atoms with Crippen molar-refractivity contribution >= 4 is 17.3 Å². The number of amides is 1. The molecule has 10 heteroatoms. The molecule has 0 aliphatic carbocycles. The van der Waals surface area contributed by atoms with Crippen molar-refractivity contribution in [3.63, 3.8) is 0 Å². The second-order valence-electron chi connectivity index (χ2n) is 6.89. The summed E-state index contributed by atoms with van der Waals surface area (Å²) in [6.45, 7) is 0. The Morgan fingerprint density at radius 3 is 2.48 bits per heavy atom. The van der Waals surface area contributed by atoms with Crippen molar-refractivity contribution in [2.45, 2.75) is 0 Å². The summed E-state index contributed by atoms with van der Waals surface area (Å²) >= 11 is 0. The van der Waals surface area contributed by atoms with Gasteiger partial charge in [0.2, 0.25) is 0 Å². The van der Waals surface area contributed by atoms with Crippen LogP contribution in [0.25, 0.3) is 17.1 Å². The molecule has 0 fully saturated rings. The van der Waals surface area contributed by atoms with Crippen molar-refractivity contribution in [1.82, 2.24) is 14.8 Å². The zero-order chi connectivity index (χ0) is 23.4. The second-order valence-corrected chi connectivity index (χ2v) is 6.89. The smallest absolute Gasteiger partial charge is 0.336 e. The Hall–Kier alpha value is -4.41. The van der Waals surface area contributed by atoms with Gasteiger partial charge < -0.3 is 25.2 Å². The van der Waals surface area contributed by atoms with Gasteiger partial charge in [-0.2, -0.15) is 4.98 Å². The predicted molar refractivity (Wildman–Crippen MR) is 122 cm³/mol. The predicted octanol–water partition coefficient (Wildman–Crippen LogP) is 3.90. The molecular formula is C23H20N5O5-. The maximum absolute atomic E-state index is 12.5. The van der Waals surface area contributed by atoms with Gasteiger partial charge in [0, 0.05) is 16.8 Å². The molecule has 33 heavy (non-hydrogen) atoms. The molecule has 0 spiro atoms. The summed E-state index contributed by atoms with van der Waals surface area (Å²) in [4.78, 5) is 17.0. The third kappa shape index (κ3) is 4.76. The summed E-state index contributed by atoms with van der Waals surface area (Å²) in [5, 5.41) is 26.9. The van der Waals surface area contributed by atoms with Crippen LogP contribution < -0.4 is 20.0 Å². The molecule has 10 nitrogen and oxygen atoms in total. The van der Waals surface area contributed by atoms with Crippen molar-refractivity contribution in [3.05, 3.63) is 83.6 Å². The van der Waals surface area contributed by atoms with Gasteiger partial charge in [-0.15, -0.1) is 5.10 Å². The van der Waals surface area contributed by atoms with E-state index >= 15 is 0 Å². The topological polar surface area (TPSA) is 125 Å². The fourth-order valence-corrected chi connectivity index (χ4v) is 3.16. The van der Waals surface area contributed by atoms with E-state index in [2.05, 4.69) is 15.4 Å². The zero-order valence-electron chi connectivity index (χ0n) is 17.8. The Morgan fingerprint density at radius 1 is 1.03 bits per heavy atom. The van der Waals surface area contributed by atoms with E-state index in [1.54, 1.807) is 42.1 Å². The molecule has 0 aliphatic rings. The minimum Gasteiger partial charge on any atom is -0.733 e. The minimum atomic E-state index is -0.425. The lowest BCUT2D eigenvalue weighted by molar-refractivity contribution is 0.102. The molecule has 1 heterocycles. The number of aromatic nitrogens is 3. The lowest BCUT2D eigenvalue weighted by atomic mass is 10.1. The number of carbonyl (C=O) groups excluding carboxylic acids is 1. The largest absolute Gasteiger partial charge is 0.733 e. The average Bonchev–Trinajstić information content (AvgIpc) is 3.29. The minimum absolute atomic E-state index is 0.0387. The molecule has 0 radical (unpaired) electrons. The zero-order valence-corrected chi connectivity index (χ0v) is 17.8. The fourth-order valence-electron chi connectivity index (χ4n) is 3.16. The quantitative estimate of drug-likeness (QED) is 0.410. The number of nitrogens with zero attached hydrogens (tertiary/aromatic N) is 4. The van der Waals surface area contributed by atoms with Crippen molar-refractivity contribution in [2.24, 2.45) is 0 Å². The average molecular weight is 446 g/mol. The second kappa shape index (κ2) is 9.39. The molecule has 0 saturated carbocycles. The molecule has 4 rings (SSSR count). The number of carbonyl (C=O) groups is 1. The Labute approximate surface area is 189 Å².